The molecule has 1 N–H and O–H groups in total. The van der Waals surface area contributed by atoms with Crippen LogP contribution in [0.5, 0.6) is 0 Å². The van der Waals surface area contributed by atoms with E-state index in [0.29, 0.717) is 19.1 Å². The average molecular weight is 351 g/mol. The summed E-state index contributed by atoms with van der Waals surface area (Å²) in [5.74, 6) is 1.16. The van der Waals surface area contributed by atoms with Crippen molar-refractivity contribution in [2.24, 2.45) is 0 Å². The standard InChI is InChI=1S/C19H30N2O2S/c1-6-21(18(22)23-19(3,4)5)12-15-8-7-9-16(11-15)20-17-10-14(2)24-13-17/h7-9,11,14,17,20H,6,10,12-13H2,1-5H3. The number of hydrogen-bond acceptors (Lipinski definition) is 4. The van der Waals surface area contributed by atoms with Gasteiger partial charge in [-0.3, -0.25) is 0 Å². The van der Waals surface area contributed by atoms with Crippen molar-refractivity contribution in [1.29, 1.82) is 0 Å². The zero-order valence-corrected chi connectivity index (χ0v) is 16.3. The maximum atomic E-state index is 12.3. The van der Waals surface area contributed by atoms with Crippen molar-refractivity contribution in [2.75, 3.05) is 17.6 Å². The molecule has 0 spiro atoms. The van der Waals surface area contributed by atoms with E-state index in [-0.39, 0.29) is 6.09 Å². The van der Waals surface area contributed by atoms with Crippen molar-refractivity contribution < 1.29 is 9.53 Å². The third-order valence-corrected chi connectivity index (χ3v) is 5.26. The average Bonchev–Trinajstić information content (AvgIpc) is 2.88. The third kappa shape index (κ3) is 5.93. The maximum Gasteiger partial charge on any atom is 0.410 e. The van der Waals surface area contributed by atoms with Crippen LogP contribution < -0.4 is 5.32 Å². The van der Waals surface area contributed by atoms with Crippen LogP contribution in [0.4, 0.5) is 10.5 Å². The predicted molar refractivity (Wildman–Crippen MR) is 103 cm³/mol. The third-order valence-electron chi connectivity index (χ3n) is 3.90. The molecule has 0 bridgehead atoms. The number of hydrogen-bond donors (Lipinski definition) is 1. The number of nitrogens with zero attached hydrogens (tertiary/aromatic N) is 1. The van der Waals surface area contributed by atoms with E-state index in [4.69, 9.17) is 4.74 Å². The van der Waals surface area contributed by atoms with Crippen molar-refractivity contribution in [3.63, 3.8) is 0 Å². The molecular formula is C19H30N2O2S. The molecule has 1 aliphatic heterocycles. The Morgan fingerprint density at radius 3 is 2.75 bits per heavy atom. The van der Waals surface area contributed by atoms with E-state index in [9.17, 15) is 4.79 Å². The Kier molecular flexibility index (Phi) is 6.44. The maximum absolute atomic E-state index is 12.3. The Balaban J connectivity index is 1.98. The second kappa shape index (κ2) is 8.15. The zero-order valence-electron chi connectivity index (χ0n) is 15.5. The Bertz CT molecular complexity index is 557. The summed E-state index contributed by atoms with van der Waals surface area (Å²) >= 11 is 2.02. The number of nitrogens with one attached hydrogen (secondary N) is 1. The SMILES string of the molecule is CCN(Cc1cccc(NC2CSC(C)C2)c1)C(=O)OC(C)(C)C. The Labute approximate surface area is 150 Å². The topological polar surface area (TPSA) is 41.6 Å². The van der Waals surface area contributed by atoms with Gasteiger partial charge in [-0.1, -0.05) is 19.1 Å². The number of amides is 1. The number of carbonyl (C=O) groups excluding carboxylic acids is 1. The Morgan fingerprint density at radius 2 is 2.17 bits per heavy atom. The predicted octanol–water partition coefficient (Wildman–Crippen LogP) is 4.75. The number of ether oxygens (including phenoxy) is 1. The number of thioether (sulfide) groups is 1. The second-order valence-corrected chi connectivity index (χ2v) is 8.89. The highest BCUT2D eigenvalue weighted by Gasteiger charge is 2.23. The van der Waals surface area contributed by atoms with Gasteiger partial charge in [-0.05, 0) is 51.8 Å². The first-order valence-electron chi connectivity index (χ1n) is 8.72. The summed E-state index contributed by atoms with van der Waals surface area (Å²) in [6.07, 6.45) is 0.942. The van der Waals surface area contributed by atoms with Gasteiger partial charge < -0.3 is 15.0 Å². The van der Waals surface area contributed by atoms with Gasteiger partial charge in [0, 0.05) is 35.8 Å². The minimum Gasteiger partial charge on any atom is -0.444 e. The number of benzene rings is 1. The molecule has 4 nitrogen and oxygen atoms in total. The minimum atomic E-state index is -0.468. The van der Waals surface area contributed by atoms with Gasteiger partial charge in [-0.15, -0.1) is 0 Å². The minimum absolute atomic E-state index is 0.260. The highest BCUT2D eigenvalue weighted by atomic mass is 32.2. The lowest BCUT2D eigenvalue weighted by Crippen LogP contribution is -2.36. The molecule has 24 heavy (non-hydrogen) atoms. The molecule has 1 saturated heterocycles. The summed E-state index contributed by atoms with van der Waals surface area (Å²) < 4.78 is 5.48. The molecule has 1 aliphatic rings. The Morgan fingerprint density at radius 1 is 1.42 bits per heavy atom. The van der Waals surface area contributed by atoms with Crippen LogP contribution in [-0.2, 0) is 11.3 Å². The van der Waals surface area contributed by atoms with Crippen molar-refractivity contribution in [3.05, 3.63) is 29.8 Å². The van der Waals surface area contributed by atoms with Gasteiger partial charge in [0.05, 0.1) is 0 Å². The highest BCUT2D eigenvalue weighted by molar-refractivity contribution is 8.00. The lowest BCUT2D eigenvalue weighted by atomic mass is 10.1. The highest BCUT2D eigenvalue weighted by Crippen LogP contribution is 2.28. The largest absolute Gasteiger partial charge is 0.444 e. The summed E-state index contributed by atoms with van der Waals surface area (Å²) in [5.41, 5.74) is 1.78. The van der Waals surface area contributed by atoms with E-state index in [2.05, 4.69) is 30.4 Å². The molecule has 2 atom stereocenters. The fourth-order valence-electron chi connectivity index (χ4n) is 2.77. The van der Waals surface area contributed by atoms with Crippen LogP contribution >= 0.6 is 11.8 Å². The first-order valence-corrected chi connectivity index (χ1v) is 9.76. The zero-order chi connectivity index (χ0) is 17.7. The van der Waals surface area contributed by atoms with Crippen molar-refractivity contribution >= 4 is 23.5 Å². The fourth-order valence-corrected chi connectivity index (χ4v) is 3.91. The van der Waals surface area contributed by atoms with Crippen LogP contribution in [0.2, 0.25) is 0 Å². The number of rotatable bonds is 5. The van der Waals surface area contributed by atoms with Gasteiger partial charge in [0.2, 0.25) is 0 Å². The molecule has 2 unspecified atom stereocenters. The summed E-state index contributed by atoms with van der Waals surface area (Å²) in [6.45, 7) is 11.1. The van der Waals surface area contributed by atoms with Gasteiger partial charge >= 0.3 is 6.09 Å². The van der Waals surface area contributed by atoms with Crippen LogP contribution in [0, 0.1) is 0 Å². The number of anilines is 1. The van der Waals surface area contributed by atoms with E-state index < -0.39 is 5.60 Å². The summed E-state index contributed by atoms with van der Waals surface area (Å²) in [4.78, 5) is 14.0. The molecule has 1 aromatic carbocycles. The first-order chi connectivity index (χ1) is 11.3. The van der Waals surface area contributed by atoms with Crippen LogP contribution in [0.1, 0.15) is 46.6 Å². The van der Waals surface area contributed by atoms with Crippen LogP contribution in [0.15, 0.2) is 24.3 Å². The van der Waals surface area contributed by atoms with Crippen LogP contribution in [0.3, 0.4) is 0 Å². The molecule has 2 rings (SSSR count). The van der Waals surface area contributed by atoms with Crippen LogP contribution in [-0.4, -0.2) is 40.2 Å². The van der Waals surface area contributed by atoms with E-state index in [1.54, 1.807) is 4.90 Å². The molecule has 1 heterocycles. The Hall–Kier alpha value is -1.36. The molecule has 0 aliphatic carbocycles. The molecular weight excluding hydrogens is 320 g/mol. The number of carbonyl (C=O) groups is 1. The summed E-state index contributed by atoms with van der Waals surface area (Å²) in [7, 11) is 0. The van der Waals surface area contributed by atoms with Crippen molar-refractivity contribution in [2.45, 2.75) is 64.5 Å². The normalized spacial score (nSPS) is 20.7. The lowest BCUT2D eigenvalue weighted by Gasteiger charge is -2.26. The molecule has 134 valence electrons. The van der Waals surface area contributed by atoms with Gasteiger partial charge in [0.1, 0.15) is 5.60 Å². The molecule has 5 heteroatoms. The van der Waals surface area contributed by atoms with Crippen LogP contribution in [0.25, 0.3) is 0 Å². The summed E-state index contributed by atoms with van der Waals surface area (Å²) in [5, 5.41) is 4.34. The van der Waals surface area contributed by atoms with E-state index in [1.807, 2.05) is 45.5 Å². The van der Waals surface area contributed by atoms with E-state index in [0.717, 1.165) is 22.3 Å². The van der Waals surface area contributed by atoms with Gasteiger partial charge in [0.15, 0.2) is 0 Å². The summed E-state index contributed by atoms with van der Waals surface area (Å²) in [6, 6.07) is 8.88. The molecule has 1 aromatic rings. The molecule has 1 amide bonds. The first kappa shape index (κ1) is 19.0. The molecule has 1 fully saturated rings. The van der Waals surface area contributed by atoms with Gasteiger partial charge in [0.25, 0.3) is 0 Å². The monoisotopic (exact) mass is 350 g/mol. The van der Waals surface area contributed by atoms with E-state index >= 15 is 0 Å². The molecule has 0 saturated carbocycles. The lowest BCUT2D eigenvalue weighted by molar-refractivity contribution is 0.0244. The fraction of sp³-hybridized carbons (Fsp3) is 0.632. The molecule has 0 aromatic heterocycles. The van der Waals surface area contributed by atoms with E-state index in [1.165, 1.54) is 6.42 Å². The van der Waals surface area contributed by atoms with Crippen molar-refractivity contribution in [1.82, 2.24) is 4.90 Å². The van der Waals surface area contributed by atoms with Crippen molar-refractivity contribution in [3.8, 4) is 0 Å². The smallest absolute Gasteiger partial charge is 0.410 e. The second-order valence-electron chi connectivity index (χ2n) is 7.42. The van der Waals surface area contributed by atoms with Gasteiger partial charge in [-0.2, -0.15) is 11.8 Å². The molecule has 0 radical (unpaired) electrons. The van der Waals surface area contributed by atoms with Gasteiger partial charge in [-0.25, -0.2) is 4.79 Å². The quantitative estimate of drug-likeness (QED) is 0.832.